The number of hydrogen-bond donors (Lipinski definition) is 1. The summed E-state index contributed by atoms with van der Waals surface area (Å²) >= 11 is 0. The van der Waals surface area contributed by atoms with Crippen LogP contribution in [0.25, 0.3) is 0 Å². The first kappa shape index (κ1) is 11.1. The largest absolute Gasteiger partial charge is 0.383 e. The van der Waals surface area contributed by atoms with Crippen molar-refractivity contribution in [1.29, 1.82) is 0 Å². The molecule has 2 heteroatoms. The van der Waals surface area contributed by atoms with Gasteiger partial charge >= 0.3 is 0 Å². The summed E-state index contributed by atoms with van der Waals surface area (Å²) in [4.78, 5) is 0. The van der Waals surface area contributed by atoms with E-state index in [1.807, 2.05) is 18.2 Å². The topological polar surface area (TPSA) is 31.9 Å². The van der Waals surface area contributed by atoms with Crippen molar-refractivity contribution in [3.63, 3.8) is 0 Å². The van der Waals surface area contributed by atoms with Gasteiger partial charge in [-0.15, -0.1) is 0 Å². The van der Waals surface area contributed by atoms with Crippen molar-refractivity contribution in [3.05, 3.63) is 30.3 Å². The first-order valence-electron chi connectivity index (χ1n) is 5.22. The minimum atomic E-state index is 0.0536. The van der Waals surface area contributed by atoms with Gasteiger partial charge < -0.3 is 5.32 Å². The Hall–Kier alpha value is -1.02. The molecule has 1 aromatic rings. The average molecular weight is 192 g/mol. The van der Waals surface area contributed by atoms with Gasteiger partial charge in [-0.25, -0.2) is 5.11 Å². The zero-order valence-electron chi connectivity index (χ0n) is 8.70. The molecule has 14 heavy (non-hydrogen) atoms. The van der Waals surface area contributed by atoms with Crippen LogP contribution in [0.15, 0.2) is 30.3 Å². The van der Waals surface area contributed by atoms with E-state index in [4.69, 9.17) is 0 Å². The number of para-hydroxylation sites is 1. The highest BCUT2D eigenvalue weighted by atomic mass is 16.2. The predicted octanol–water partition coefficient (Wildman–Crippen LogP) is 3.09. The van der Waals surface area contributed by atoms with Crippen molar-refractivity contribution in [1.82, 2.24) is 0 Å². The molecule has 1 radical (unpaired) electrons. The van der Waals surface area contributed by atoms with E-state index in [0.717, 1.165) is 24.9 Å². The summed E-state index contributed by atoms with van der Waals surface area (Å²) in [5, 5.41) is 13.6. The number of anilines is 1. The molecule has 0 aliphatic rings. The summed E-state index contributed by atoms with van der Waals surface area (Å²) in [5.41, 5.74) is 1.15. The van der Waals surface area contributed by atoms with Gasteiger partial charge in [0.25, 0.3) is 0 Å². The normalized spacial score (nSPS) is 12.4. The molecule has 0 amide bonds. The van der Waals surface area contributed by atoms with Crippen molar-refractivity contribution < 1.29 is 5.11 Å². The van der Waals surface area contributed by atoms with Gasteiger partial charge in [-0.2, -0.15) is 0 Å². The first-order valence-corrected chi connectivity index (χ1v) is 5.22. The first-order chi connectivity index (χ1) is 6.83. The highest BCUT2D eigenvalue weighted by molar-refractivity contribution is 5.43. The number of nitrogens with one attached hydrogen (secondary N) is 1. The lowest BCUT2D eigenvalue weighted by Crippen LogP contribution is -2.14. The van der Waals surface area contributed by atoms with E-state index in [-0.39, 0.29) is 6.61 Å². The summed E-state index contributed by atoms with van der Waals surface area (Å²) < 4.78 is 0. The summed E-state index contributed by atoms with van der Waals surface area (Å²) in [5.74, 6) is 0. The molecule has 0 heterocycles. The molecule has 1 atom stereocenters. The molecule has 0 aromatic heterocycles. The van der Waals surface area contributed by atoms with Crippen LogP contribution < -0.4 is 5.32 Å². The molecule has 1 N–H and O–H groups in total. The Morgan fingerprint density at radius 1 is 1.21 bits per heavy atom. The van der Waals surface area contributed by atoms with Crippen LogP contribution in [0.2, 0.25) is 0 Å². The molecule has 2 nitrogen and oxygen atoms in total. The van der Waals surface area contributed by atoms with Gasteiger partial charge in [0.15, 0.2) is 0 Å². The van der Waals surface area contributed by atoms with E-state index in [9.17, 15) is 5.11 Å². The minimum absolute atomic E-state index is 0.0536. The van der Waals surface area contributed by atoms with Crippen LogP contribution in [0, 0.1) is 0 Å². The minimum Gasteiger partial charge on any atom is -0.383 e. The van der Waals surface area contributed by atoms with Crippen LogP contribution in [-0.4, -0.2) is 12.6 Å². The fourth-order valence-electron chi connectivity index (χ4n) is 1.44. The Bertz CT molecular complexity index is 235. The molecule has 0 aliphatic heterocycles. The third kappa shape index (κ3) is 4.28. The molecular formula is C12H18NO. The van der Waals surface area contributed by atoms with Crippen molar-refractivity contribution in [3.8, 4) is 0 Å². The second-order valence-corrected chi connectivity index (χ2v) is 3.61. The number of hydrogen-bond acceptors (Lipinski definition) is 1. The monoisotopic (exact) mass is 192 g/mol. The van der Waals surface area contributed by atoms with E-state index in [0.29, 0.717) is 6.04 Å². The molecule has 0 saturated carbocycles. The van der Waals surface area contributed by atoms with Gasteiger partial charge in [-0.1, -0.05) is 18.2 Å². The number of rotatable bonds is 6. The molecule has 1 aromatic carbocycles. The Morgan fingerprint density at radius 3 is 2.57 bits per heavy atom. The summed E-state index contributed by atoms with van der Waals surface area (Å²) in [6, 6.07) is 10.6. The highest BCUT2D eigenvalue weighted by Crippen LogP contribution is 2.10. The third-order valence-corrected chi connectivity index (χ3v) is 2.22. The smallest absolute Gasteiger partial charge is 0.0822 e. The fourth-order valence-corrected chi connectivity index (χ4v) is 1.44. The van der Waals surface area contributed by atoms with Crippen LogP contribution in [0.3, 0.4) is 0 Å². The lowest BCUT2D eigenvalue weighted by Gasteiger charge is -2.14. The van der Waals surface area contributed by atoms with Crippen molar-refractivity contribution in [2.75, 3.05) is 11.9 Å². The predicted molar refractivity (Wildman–Crippen MR) is 58.9 cm³/mol. The van der Waals surface area contributed by atoms with Gasteiger partial charge in [-0.05, 0) is 38.3 Å². The Kier molecular flexibility index (Phi) is 5.08. The zero-order valence-corrected chi connectivity index (χ0v) is 8.70. The Balaban J connectivity index is 2.23. The van der Waals surface area contributed by atoms with Crippen LogP contribution in [-0.2, 0) is 5.11 Å². The number of benzene rings is 1. The van der Waals surface area contributed by atoms with E-state index < -0.39 is 0 Å². The van der Waals surface area contributed by atoms with E-state index >= 15 is 0 Å². The van der Waals surface area contributed by atoms with Gasteiger partial charge in [-0.3, -0.25) is 0 Å². The van der Waals surface area contributed by atoms with E-state index in [1.165, 1.54) is 0 Å². The molecule has 0 spiro atoms. The van der Waals surface area contributed by atoms with Gasteiger partial charge in [0, 0.05) is 11.7 Å². The standard InChI is InChI=1S/C12H18NO/c1-11(7-5-6-10-14)13-12-8-3-2-4-9-12/h2-4,8-9,11,13H,5-7,10H2,1H3. The number of unbranched alkanes of at least 4 members (excludes halogenated alkanes) is 1. The SMILES string of the molecule is CC(CCCC[O])Nc1ccccc1. The van der Waals surface area contributed by atoms with E-state index in [2.05, 4.69) is 24.4 Å². The van der Waals surface area contributed by atoms with Gasteiger partial charge in [0.05, 0.1) is 6.61 Å². The van der Waals surface area contributed by atoms with Gasteiger partial charge in [0.2, 0.25) is 0 Å². The highest BCUT2D eigenvalue weighted by Gasteiger charge is 2.00. The third-order valence-electron chi connectivity index (χ3n) is 2.22. The maximum absolute atomic E-state index is 10.2. The van der Waals surface area contributed by atoms with Crippen LogP contribution in [0.1, 0.15) is 26.2 Å². The lowest BCUT2D eigenvalue weighted by molar-refractivity contribution is 0.186. The zero-order chi connectivity index (χ0) is 10.2. The molecule has 1 rings (SSSR count). The van der Waals surface area contributed by atoms with Crippen LogP contribution >= 0.6 is 0 Å². The molecular weight excluding hydrogens is 174 g/mol. The van der Waals surface area contributed by atoms with Crippen LogP contribution in [0.4, 0.5) is 5.69 Å². The molecule has 1 unspecified atom stereocenters. The van der Waals surface area contributed by atoms with E-state index in [1.54, 1.807) is 0 Å². The second-order valence-electron chi connectivity index (χ2n) is 3.61. The van der Waals surface area contributed by atoms with Crippen LogP contribution in [0.5, 0.6) is 0 Å². The maximum atomic E-state index is 10.2. The Morgan fingerprint density at radius 2 is 1.93 bits per heavy atom. The molecule has 0 bridgehead atoms. The maximum Gasteiger partial charge on any atom is 0.0822 e. The average Bonchev–Trinajstić information content (AvgIpc) is 2.20. The quantitative estimate of drug-likeness (QED) is 0.690. The van der Waals surface area contributed by atoms with Crippen molar-refractivity contribution in [2.45, 2.75) is 32.2 Å². The molecule has 0 saturated heterocycles. The van der Waals surface area contributed by atoms with Gasteiger partial charge in [0.1, 0.15) is 0 Å². The molecule has 77 valence electrons. The second kappa shape index (κ2) is 6.44. The fraction of sp³-hybridized carbons (Fsp3) is 0.500. The lowest BCUT2D eigenvalue weighted by atomic mass is 10.1. The Labute approximate surface area is 86.0 Å². The molecule has 0 fully saturated rings. The summed E-state index contributed by atoms with van der Waals surface area (Å²) in [7, 11) is 0. The summed E-state index contributed by atoms with van der Waals surface area (Å²) in [6.07, 6.45) is 2.88. The van der Waals surface area contributed by atoms with Crippen molar-refractivity contribution in [2.24, 2.45) is 0 Å². The molecule has 0 aliphatic carbocycles. The summed E-state index contributed by atoms with van der Waals surface area (Å²) in [6.45, 7) is 2.20. The van der Waals surface area contributed by atoms with Crippen molar-refractivity contribution >= 4 is 5.69 Å².